The summed E-state index contributed by atoms with van der Waals surface area (Å²) in [6.07, 6.45) is 1.53. The topological polar surface area (TPSA) is 85.1 Å². The lowest BCUT2D eigenvalue weighted by atomic mass is 10.3. The van der Waals surface area contributed by atoms with Crippen LogP contribution in [0.25, 0.3) is 0 Å². The van der Waals surface area contributed by atoms with Crippen molar-refractivity contribution in [2.24, 2.45) is 0 Å². The van der Waals surface area contributed by atoms with Gasteiger partial charge >= 0.3 is 0 Å². The van der Waals surface area contributed by atoms with Gasteiger partial charge in [0.05, 0.1) is 15.6 Å². The molecule has 106 valence electrons. The van der Waals surface area contributed by atoms with Gasteiger partial charge in [0.25, 0.3) is 10.0 Å². The molecule has 5 nitrogen and oxygen atoms in total. The minimum absolute atomic E-state index is 0.0269. The molecule has 0 unspecified atom stereocenters. The van der Waals surface area contributed by atoms with E-state index in [1.54, 1.807) is 6.07 Å². The largest absolute Gasteiger partial charge is 0.398 e. The maximum absolute atomic E-state index is 12.2. The highest BCUT2D eigenvalue weighted by molar-refractivity contribution is 9.10. The Labute approximate surface area is 130 Å². The molecule has 0 bridgehead atoms. The van der Waals surface area contributed by atoms with E-state index in [4.69, 9.17) is 17.3 Å². The van der Waals surface area contributed by atoms with Gasteiger partial charge in [0.2, 0.25) is 0 Å². The average Bonchev–Trinajstić information content (AvgIpc) is 2.37. The van der Waals surface area contributed by atoms with E-state index in [9.17, 15) is 8.42 Å². The van der Waals surface area contributed by atoms with E-state index >= 15 is 0 Å². The van der Waals surface area contributed by atoms with E-state index in [0.29, 0.717) is 5.69 Å². The number of hydrogen-bond acceptors (Lipinski definition) is 4. The molecule has 0 atom stereocenters. The monoisotopic (exact) mass is 375 g/mol. The number of pyridine rings is 1. The third kappa shape index (κ3) is 3.23. The molecule has 0 saturated heterocycles. The molecule has 1 heterocycles. The Morgan fingerprint density at radius 3 is 2.65 bits per heavy atom. The molecule has 0 amide bonds. The third-order valence-electron chi connectivity index (χ3n) is 2.57. The number of aryl methyl sites for hydroxylation is 1. The number of nitrogens with one attached hydrogen (secondary N) is 1. The summed E-state index contributed by atoms with van der Waals surface area (Å²) in [6, 6.07) is 5.75. The maximum atomic E-state index is 12.2. The van der Waals surface area contributed by atoms with Crippen molar-refractivity contribution in [1.29, 1.82) is 0 Å². The number of nitrogens with zero attached hydrogens (tertiary/aromatic N) is 1. The van der Waals surface area contributed by atoms with E-state index in [-0.39, 0.29) is 15.7 Å². The number of rotatable bonds is 3. The van der Waals surface area contributed by atoms with Crippen LogP contribution in [0.3, 0.4) is 0 Å². The van der Waals surface area contributed by atoms with Crippen molar-refractivity contribution in [1.82, 2.24) is 4.98 Å². The molecule has 3 N–H and O–H groups in total. The molecule has 1 aromatic heterocycles. The summed E-state index contributed by atoms with van der Waals surface area (Å²) >= 11 is 9.13. The van der Waals surface area contributed by atoms with Gasteiger partial charge in [-0.05, 0) is 52.7 Å². The SMILES string of the molecule is Cc1cc(NS(=O)(=O)c2ccc(N)c(Cl)c2)ncc1Br. The number of halogens is 2. The average molecular weight is 377 g/mol. The summed E-state index contributed by atoms with van der Waals surface area (Å²) in [4.78, 5) is 4.02. The lowest BCUT2D eigenvalue weighted by Gasteiger charge is -2.09. The zero-order chi connectivity index (χ0) is 14.9. The van der Waals surface area contributed by atoms with Crippen molar-refractivity contribution in [3.05, 3.63) is 45.5 Å². The highest BCUT2D eigenvalue weighted by atomic mass is 79.9. The fourth-order valence-electron chi connectivity index (χ4n) is 1.47. The number of anilines is 2. The van der Waals surface area contributed by atoms with Crippen LogP contribution in [-0.4, -0.2) is 13.4 Å². The van der Waals surface area contributed by atoms with Crippen molar-refractivity contribution in [2.75, 3.05) is 10.5 Å². The molecule has 0 spiro atoms. The minimum Gasteiger partial charge on any atom is -0.398 e. The van der Waals surface area contributed by atoms with Crippen LogP contribution in [0, 0.1) is 6.92 Å². The quantitative estimate of drug-likeness (QED) is 0.806. The van der Waals surface area contributed by atoms with Gasteiger partial charge in [0, 0.05) is 10.7 Å². The van der Waals surface area contributed by atoms with Gasteiger partial charge in [-0.15, -0.1) is 0 Å². The van der Waals surface area contributed by atoms with Gasteiger partial charge < -0.3 is 5.73 Å². The Morgan fingerprint density at radius 1 is 1.35 bits per heavy atom. The maximum Gasteiger partial charge on any atom is 0.263 e. The van der Waals surface area contributed by atoms with E-state index < -0.39 is 10.0 Å². The number of benzene rings is 1. The zero-order valence-corrected chi connectivity index (χ0v) is 13.6. The van der Waals surface area contributed by atoms with Crippen LogP contribution >= 0.6 is 27.5 Å². The highest BCUT2D eigenvalue weighted by Gasteiger charge is 2.16. The van der Waals surface area contributed by atoms with Crippen LogP contribution < -0.4 is 10.5 Å². The molecule has 2 rings (SSSR count). The van der Waals surface area contributed by atoms with Gasteiger partial charge in [-0.1, -0.05) is 11.6 Å². The first-order valence-electron chi connectivity index (χ1n) is 5.49. The van der Waals surface area contributed by atoms with E-state index in [1.807, 2.05) is 6.92 Å². The van der Waals surface area contributed by atoms with Crippen LogP contribution in [0.1, 0.15) is 5.56 Å². The number of hydrogen-bond donors (Lipinski definition) is 2. The molecule has 0 aliphatic rings. The summed E-state index contributed by atoms with van der Waals surface area (Å²) in [6.45, 7) is 1.84. The normalized spacial score (nSPS) is 11.3. The summed E-state index contributed by atoms with van der Waals surface area (Å²) in [5.41, 5.74) is 6.75. The summed E-state index contributed by atoms with van der Waals surface area (Å²) in [5.74, 6) is 0.235. The van der Waals surface area contributed by atoms with E-state index in [0.717, 1.165) is 10.0 Å². The summed E-state index contributed by atoms with van der Waals surface area (Å²) < 4.78 is 27.6. The summed E-state index contributed by atoms with van der Waals surface area (Å²) in [7, 11) is -3.75. The molecule has 0 aliphatic heterocycles. The Hall–Kier alpha value is -1.31. The van der Waals surface area contributed by atoms with Crippen LogP contribution in [0.15, 0.2) is 39.8 Å². The molecule has 0 fully saturated rings. The number of nitrogens with two attached hydrogens (primary N) is 1. The lowest BCUT2D eigenvalue weighted by molar-refractivity contribution is 0.601. The second kappa shape index (κ2) is 5.59. The van der Waals surface area contributed by atoms with Crippen LogP contribution in [0.5, 0.6) is 0 Å². The molecule has 0 radical (unpaired) electrons. The molecule has 20 heavy (non-hydrogen) atoms. The molecule has 0 saturated carbocycles. The van der Waals surface area contributed by atoms with Crippen LogP contribution in [-0.2, 0) is 10.0 Å². The van der Waals surface area contributed by atoms with Crippen LogP contribution in [0.2, 0.25) is 5.02 Å². The Balaban J connectivity index is 2.35. The molecule has 8 heteroatoms. The first-order valence-corrected chi connectivity index (χ1v) is 8.15. The lowest BCUT2D eigenvalue weighted by Crippen LogP contribution is -2.14. The van der Waals surface area contributed by atoms with Crippen molar-refractivity contribution in [2.45, 2.75) is 11.8 Å². The molecular formula is C12H11BrClN3O2S. The predicted molar refractivity (Wildman–Crippen MR) is 83.3 cm³/mol. The van der Waals surface area contributed by atoms with Gasteiger partial charge in [-0.25, -0.2) is 13.4 Å². The van der Waals surface area contributed by atoms with Gasteiger partial charge in [-0.2, -0.15) is 0 Å². The second-order valence-electron chi connectivity index (χ2n) is 4.11. The Morgan fingerprint density at radius 2 is 2.05 bits per heavy atom. The fraction of sp³-hybridized carbons (Fsp3) is 0.0833. The van der Waals surface area contributed by atoms with Crippen molar-refractivity contribution < 1.29 is 8.42 Å². The van der Waals surface area contributed by atoms with Gasteiger partial charge in [0.15, 0.2) is 0 Å². The molecule has 0 aliphatic carbocycles. The Kier molecular flexibility index (Phi) is 4.22. The van der Waals surface area contributed by atoms with Gasteiger partial charge in [-0.3, -0.25) is 4.72 Å². The molecule has 1 aromatic carbocycles. The number of aromatic nitrogens is 1. The van der Waals surface area contributed by atoms with Crippen molar-refractivity contribution >= 4 is 49.1 Å². The van der Waals surface area contributed by atoms with Crippen molar-refractivity contribution in [3.63, 3.8) is 0 Å². The first-order chi connectivity index (χ1) is 9.29. The molecular weight excluding hydrogens is 366 g/mol. The van der Waals surface area contributed by atoms with Gasteiger partial charge in [0.1, 0.15) is 5.82 Å². The number of sulfonamides is 1. The highest BCUT2D eigenvalue weighted by Crippen LogP contribution is 2.24. The third-order valence-corrected chi connectivity index (χ3v) is 5.08. The van der Waals surface area contributed by atoms with Crippen LogP contribution in [0.4, 0.5) is 11.5 Å². The first kappa shape index (κ1) is 15.1. The Bertz CT molecular complexity index is 765. The van der Waals surface area contributed by atoms with E-state index in [1.165, 1.54) is 24.4 Å². The second-order valence-corrected chi connectivity index (χ2v) is 7.05. The number of nitrogen functional groups attached to an aromatic ring is 1. The fourth-order valence-corrected chi connectivity index (χ4v) is 2.95. The van der Waals surface area contributed by atoms with Crippen molar-refractivity contribution in [3.8, 4) is 0 Å². The van der Waals surface area contributed by atoms with E-state index in [2.05, 4.69) is 25.6 Å². The molecule has 2 aromatic rings. The predicted octanol–water partition coefficient (Wildman–Crippen LogP) is 3.19. The summed E-state index contributed by atoms with van der Waals surface area (Å²) in [5, 5.41) is 0.188. The standard InChI is InChI=1S/C12H11BrClN3O2S/c1-7-4-12(16-6-9(7)13)17-20(18,19)8-2-3-11(15)10(14)5-8/h2-6H,15H2,1H3,(H,16,17). The smallest absolute Gasteiger partial charge is 0.263 e. The zero-order valence-electron chi connectivity index (χ0n) is 10.4. The minimum atomic E-state index is -3.75.